The van der Waals surface area contributed by atoms with Crippen molar-refractivity contribution in [2.45, 2.75) is 24.5 Å². The summed E-state index contributed by atoms with van der Waals surface area (Å²) in [5.74, 6) is 0.915. The van der Waals surface area contributed by atoms with Crippen LogP contribution < -0.4 is 10.0 Å². The van der Waals surface area contributed by atoms with Crippen LogP contribution in [0.1, 0.15) is 16.7 Å². The van der Waals surface area contributed by atoms with Gasteiger partial charge < -0.3 is 5.32 Å². The lowest BCUT2D eigenvalue weighted by Crippen LogP contribution is -2.15. The minimum Gasteiger partial charge on any atom is -0.325 e. The number of hydrogen-bond donors (Lipinski definition) is 2. The first kappa shape index (κ1) is 23.4. The Morgan fingerprint density at radius 3 is 2.32 bits per heavy atom. The molecule has 3 rings (SSSR count). The molecule has 8 heteroatoms. The first-order chi connectivity index (χ1) is 14.7. The van der Waals surface area contributed by atoms with Gasteiger partial charge in [0.05, 0.1) is 16.3 Å². The summed E-state index contributed by atoms with van der Waals surface area (Å²) < 4.78 is 29.0. The highest BCUT2D eigenvalue weighted by Crippen LogP contribution is 2.22. The summed E-state index contributed by atoms with van der Waals surface area (Å²) in [6, 6.07) is 19.7. The fourth-order valence-electron chi connectivity index (χ4n) is 2.81. The summed E-state index contributed by atoms with van der Waals surface area (Å²) in [4.78, 5) is 12.3. The van der Waals surface area contributed by atoms with E-state index in [4.69, 9.17) is 0 Å². The molecule has 1 amide bonds. The molecule has 0 bridgehead atoms. The number of amides is 1. The zero-order valence-electron chi connectivity index (χ0n) is 17.2. The highest BCUT2D eigenvalue weighted by atomic mass is 79.9. The number of rotatable bonds is 8. The van der Waals surface area contributed by atoms with Crippen LogP contribution in [0.5, 0.6) is 0 Å². The van der Waals surface area contributed by atoms with Gasteiger partial charge in [-0.3, -0.25) is 9.52 Å². The standard InChI is InChI=1S/C23H23BrN2O3S2/c1-16-3-4-17(2)22(13-16)26-31(28,29)21-11-9-20(10-12-21)25-23(27)15-30-14-18-5-7-19(24)8-6-18/h3-13,26H,14-15H2,1-2H3,(H,25,27). The lowest BCUT2D eigenvalue weighted by atomic mass is 10.1. The van der Waals surface area contributed by atoms with E-state index in [0.717, 1.165) is 26.9 Å². The van der Waals surface area contributed by atoms with Crippen LogP contribution in [0.4, 0.5) is 11.4 Å². The molecule has 3 aromatic rings. The fraction of sp³-hybridized carbons (Fsp3) is 0.174. The molecule has 0 aliphatic carbocycles. The second-order valence-corrected chi connectivity index (χ2v) is 10.7. The molecule has 0 spiro atoms. The van der Waals surface area contributed by atoms with Gasteiger partial charge in [0.25, 0.3) is 10.0 Å². The van der Waals surface area contributed by atoms with Gasteiger partial charge in [-0.2, -0.15) is 0 Å². The maximum atomic E-state index is 12.7. The van der Waals surface area contributed by atoms with E-state index in [9.17, 15) is 13.2 Å². The molecule has 3 aromatic carbocycles. The third-order valence-electron chi connectivity index (χ3n) is 4.50. The summed E-state index contributed by atoms with van der Waals surface area (Å²) in [6.07, 6.45) is 0. The molecule has 0 fully saturated rings. The first-order valence-electron chi connectivity index (χ1n) is 9.55. The van der Waals surface area contributed by atoms with Gasteiger partial charge >= 0.3 is 0 Å². The Balaban J connectivity index is 1.55. The van der Waals surface area contributed by atoms with Gasteiger partial charge in [0, 0.05) is 15.9 Å². The van der Waals surface area contributed by atoms with Crippen molar-refractivity contribution < 1.29 is 13.2 Å². The molecule has 0 aromatic heterocycles. The lowest BCUT2D eigenvalue weighted by Gasteiger charge is -2.12. The van der Waals surface area contributed by atoms with Crippen molar-refractivity contribution >= 4 is 55.0 Å². The molecule has 0 unspecified atom stereocenters. The van der Waals surface area contributed by atoms with Crippen molar-refractivity contribution in [1.29, 1.82) is 0 Å². The number of halogens is 1. The SMILES string of the molecule is Cc1ccc(C)c(NS(=O)(=O)c2ccc(NC(=O)CSCc3ccc(Br)cc3)cc2)c1. The van der Waals surface area contributed by atoms with E-state index in [-0.39, 0.29) is 10.8 Å². The highest BCUT2D eigenvalue weighted by molar-refractivity contribution is 9.10. The zero-order valence-corrected chi connectivity index (χ0v) is 20.4. The van der Waals surface area contributed by atoms with Gasteiger partial charge in [-0.25, -0.2) is 8.42 Å². The van der Waals surface area contributed by atoms with Crippen molar-refractivity contribution in [3.05, 3.63) is 87.9 Å². The molecule has 0 atom stereocenters. The van der Waals surface area contributed by atoms with Crippen molar-refractivity contribution in [2.24, 2.45) is 0 Å². The normalized spacial score (nSPS) is 11.2. The van der Waals surface area contributed by atoms with Crippen molar-refractivity contribution in [3.8, 4) is 0 Å². The average molecular weight is 519 g/mol. The van der Waals surface area contributed by atoms with Crippen LogP contribution in [0.25, 0.3) is 0 Å². The molecular formula is C23H23BrN2O3S2. The maximum Gasteiger partial charge on any atom is 0.261 e. The molecule has 2 N–H and O–H groups in total. The van der Waals surface area contributed by atoms with Crippen LogP contribution in [0.15, 0.2) is 76.1 Å². The first-order valence-corrected chi connectivity index (χ1v) is 13.0. The average Bonchev–Trinajstić information content (AvgIpc) is 2.72. The van der Waals surface area contributed by atoms with Gasteiger partial charge in [0.1, 0.15) is 0 Å². The predicted molar refractivity (Wildman–Crippen MR) is 132 cm³/mol. The van der Waals surface area contributed by atoms with Gasteiger partial charge in [-0.15, -0.1) is 11.8 Å². The summed E-state index contributed by atoms with van der Waals surface area (Å²) in [5, 5.41) is 2.80. The summed E-state index contributed by atoms with van der Waals surface area (Å²) in [5.41, 5.74) is 4.07. The predicted octanol–water partition coefficient (Wildman–Crippen LogP) is 5.74. The molecule has 0 heterocycles. The van der Waals surface area contributed by atoms with Gasteiger partial charge in [-0.1, -0.05) is 40.2 Å². The maximum absolute atomic E-state index is 12.7. The summed E-state index contributed by atoms with van der Waals surface area (Å²) in [7, 11) is -3.72. The van der Waals surface area contributed by atoms with Crippen LogP contribution in [0, 0.1) is 13.8 Å². The molecule has 5 nitrogen and oxygen atoms in total. The van der Waals surface area contributed by atoms with Crippen LogP contribution in [-0.2, 0) is 20.6 Å². The number of hydrogen-bond acceptors (Lipinski definition) is 4. The van der Waals surface area contributed by atoms with E-state index >= 15 is 0 Å². The highest BCUT2D eigenvalue weighted by Gasteiger charge is 2.15. The van der Waals surface area contributed by atoms with Crippen LogP contribution in [0.2, 0.25) is 0 Å². The summed E-state index contributed by atoms with van der Waals surface area (Å²) >= 11 is 4.92. The number of anilines is 2. The largest absolute Gasteiger partial charge is 0.325 e. The monoisotopic (exact) mass is 518 g/mol. The Morgan fingerprint density at radius 1 is 0.968 bits per heavy atom. The molecular weight excluding hydrogens is 496 g/mol. The Morgan fingerprint density at radius 2 is 1.65 bits per heavy atom. The zero-order chi connectivity index (χ0) is 22.4. The Kier molecular flexibility index (Phi) is 7.80. The molecule has 0 saturated carbocycles. The molecule has 0 saturated heterocycles. The van der Waals surface area contributed by atoms with Crippen molar-refractivity contribution in [3.63, 3.8) is 0 Å². The Bertz CT molecular complexity index is 1160. The topological polar surface area (TPSA) is 75.3 Å². The molecule has 31 heavy (non-hydrogen) atoms. The lowest BCUT2D eigenvalue weighted by molar-refractivity contribution is -0.113. The van der Waals surface area contributed by atoms with E-state index in [1.165, 1.54) is 23.9 Å². The minimum absolute atomic E-state index is 0.133. The van der Waals surface area contributed by atoms with E-state index in [1.807, 2.05) is 50.2 Å². The third kappa shape index (κ3) is 6.85. The van der Waals surface area contributed by atoms with E-state index in [0.29, 0.717) is 17.1 Å². The number of thioether (sulfide) groups is 1. The molecule has 0 aliphatic rings. The van der Waals surface area contributed by atoms with E-state index in [1.54, 1.807) is 18.2 Å². The number of carbonyl (C=O) groups is 1. The van der Waals surface area contributed by atoms with Gasteiger partial charge in [-0.05, 0) is 73.0 Å². The third-order valence-corrected chi connectivity index (χ3v) is 7.41. The molecule has 0 aliphatic heterocycles. The van der Waals surface area contributed by atoms with Crippen LogP contribution in [0.3, 0.4) is 0 Å². The summed E-state index contributed by atoms with van der Waals surface area (Å²) in [6.45, 7) is 3.76. The smallest absolute Gasteiger partial charge is 0.261 e. The number of nitrogens with one attached hydrogen (secondary N) is 2. The van der Waals surface area contributed by atoms with E-state index in [2.05, 4.69) is 26.0 Å². The van der Waals surface area contributed by atoms with E-state index < -0.39 is 10.0 Å². The Hall–Kier alpha value is -2.29. The number of aryl methyl sites for hydroxylation is 2. The Labute approximate surface area is 195 Å². The van der Waals surface area contributed by atoms with Crippen molar-refractivity contribution in [1.82, 2.24) is 0 Å². The fourth-order valence-corrected chi connectivity index (χ4v) is 4.98. The molecule has 0 radical (unpaired) electrons. The number of sulfonamides is 1. The quantitative estimate of drug-likeness (QED) is 0.398. The minimum atomic E-state index is -3.72. The number of carbonyl (C=O) groups excluding carboxylic acids is 1. The second-order valence-electron chi connectivity index (χ2n) is 7.12. The van der Waals surface area contributed by atoms with Gasteiger partial charge in [0.2, 0.25) is 5.91 Å². The van der Waals surface area contributed by atoms with Crippen LogP contribution in [-0.4, -0.2) is 20.1 Å². The number of benzene rings is 3. The van der Waals surface area contributed by atoms with Gasteiger partial charge in [0.15, 0.2) is 0 Å². The van der Waals surface area contributed by atoms with Crippen molar-refractivity contribution in [2.75, 3.05) is 15.8 Å². The second kappa shape index (κ2) is 10.3. The van der Waals surface area contributed by atoms with Crippen LogP contribution >= 0.6 is 27.7 Å². The molecule has 162 valence electrons.